The van der Waals surface area contributed by atoms with E-state index in [2.05, 4.69) is 6.92 Å². The van der Waals surface area contributed by atoms with Crippen LogP contribution >= 0.6 is 0 Å². The molecule has 3 rings (SSSR count). The molecular formula is C16H23NO4. The molecule has 3 heterocycles. The molecule has 116 valence electrons. The van der Waals surface area contributed by atoms with Gasteiger partial charge in [0.25, 0.3) is 0 Å². The van der Waals surface area contributed by atoms with Gasteiger partial charge in [-0.1, -0.05) is 32.4 Å². The molecular weight excluding hydrogens is 270 g/mol. The largest absolute Gasteiger partial charge is 0.465 e. The van der Waals surface area contributed by atoms with Gasteiger partial charge in [-0.25, -0.2) is 0 Å². The first-order valence-electron chi connectivity index (χ1n) is 7.95. The fourth-order valence-corrected chi connectivity index (χ4v) is 3.68. The van der Waals surface area contributed by atoms with Crippen molar-refractivity contribution in [2.24, 2.45) is 11.8 Å². The molecule has 1 amide bonds. The summed E-state index contributed by atoms with van der Waals surface area (Å²) in [6.45, 7) is 5.78. The minimum atomic E-state index is -0.592. The van der Waals surface area contributed by atoms with Crippen LogP contribution in [-0.4, -0.2) is 48.2 Å². The zero-order chi connectivity index (χ0) is 15.0. The van der Waals surface area contributed by atoms with Crippen molar-refractivity contribution < 1.29 is 19.1 Å². The monoisotopic (exact) mass is 293 g/mol. The molecule has 2 bridgehead atoms. The number of ether oxygens (including phenoxy) is 2. The van der Waals surface area contributed by atoms with E-state index < -0.39 is 17.4 Å². The molecule has 0 aromatic rings. The third-order valence-corrected chi connectivity index (χ3v) is 4.68. The number of carbonyl (C=O) groups excluding carboxylic acids is 2. The van der Waals surface area contributed by atoms with Gasteiger partial charge in [-0.2, -0.15) is 0 Å². The van der Waals surface area contributed by atoms with Crippen LogP contribution in [0.1, 0.15) is 33.1 Å². The van der Waals surface area contributed by atoms with Crippen LogP contribution in [0.2, 0.25) is 0 Å². The average molecular weight is 293 g/mol. The second-order valence-electron chi connectivity index (χ2n) is 6.18. The molecule has 1 spiro atoms. The topological polar surface area (TPSA) is 55.8 Å². The molecule has 21 heavy (non-hydrogen) atoms. The van der Waals surface area contributed by atoms with Crippen molar-refractivity contribution in [3.63, 3.8) is 0 Å². The van der Waals surface area contributed by atoms with E-state index in [1.54, 1.807) is 0 Å². The van der Waals surface area contributed by atoms with Crippen LogP contribution in [-0.2, 0) is 19.1 Å². The van der Waals surface area contributed by atoms with Crippen molar-refractivity contribution in [1.29, 1.82) is 0 Å². The van der Waals surface area contributed by atoms with Gasteiger partial charge in [-0.3, -0.25) is 9.59 Å². The zero-order valence-corrected chi connectivity index (χ0v) is 12.7. The molecule has 0 aliphatic carbocycles. The van der Waals surface area contributed by atoms with Crippen LogP contribution in [0.5, 0.6) is 0 Å². The SMILES string of the molecule is CCCCN1C[C@]23C=C[C@H](O2)[C@@H](C(=O)OCCC)[C@@H]3C1=O. The first-order valence-corrected chi connectivity index (χ1v) is 7.95. The van der Waals surface area contributed by atoms with E-state index in [-0.39, 0.29) is 18.0 Å². The summed E-state index contributed by atoms with van der Waals surface area (Å²) in [5.74, 6) is -1.10. The Hall–Kier alpha value is -1.36. The van der Waals surface area contributed by atoms with Crippen molar-refractivity contribution in [2.75, 3.05) is 19.7 Å². The lowest BCUT2D eigenvalue weighted by molar-refractivity contribution is -0.153. The zero-order valence-electron chi connectivity index (χ0n) is 12.7. The summed E-state index contributed by atoms with van der Waals surface area (Å²) in [7, 11) is 0. The molecule has 4 atom stereocenters. The Morgan fingerprint density at radius 3 is 3.00 bits per heavy atom. The first-order chi connectivity index (χ1) is 10.1. The lowest BCUT2D eigenvalue weighted by Gasteiger charge is -2.22. The molecule has 2 saturated heterocycles. The van der Waals surface area contributed by atoms with Gasteiger partial charge in [0.1, 0.15) is 11.5 Å². The molecule has 0 unspecified atom stereocenters. The van der Waals surface area contributed by atoms with Gasteiger partial charge in [0.2, 0.25) is 5.91 Å². The number of amides is 1. The normalized spacial score (nSPS) is 36.4. The summed E-state index contributed by atoms with van der Waals surface area (Å²) in [5, 5.41) is 0. The molecule has 0 saturated carbocycles. The van der Waals surface area contributed by atoms with Crippen LogP contribution in [0.3, 0.4) is 0 Å². The Kier molecular flexibility index (Phi) is 3.78. The molecule has 5 nitrogen and oxygen atoms in total. The van der Waals surface area contributed by atoms with E-state index in [0.29, 0.717) is 13.2 Å². The maximum Gasteiger partial charge on any atom is 0.312 e. The highest BCUT2D eigenvalue weighted by Crippen LogP contribution is 2.52. The molecule has 3 aliphatic heterocycles. The highest BCUT2D eigenvalue weighted by molar-refractivity contribution is 5.91. The van der Waals surface area contributed by atoms with Crippen LogP contribution in [0.25, 0.3) is 0 Å². The molecule has 2 fully saturated rings. The van der Waals surface area contributed by atoms with E-state index in [1.165, 1.54) is 0 Å². The number of rotatable bonds is 6. The Bertz CT molecular complexity index is 475. The van der Waals surface area contributed by atoms with E-state index in [0.717, 1.165) is 25.8 Å². The first kappa shape index (κ1) is 14.6. The van der Waals surface area contributed by atoms with Gasteiger partial charge < -0.3 is 14.4 Å². The summed E-state index contributed by atoms with van der Waals surface area (Å²) >= 11 is 0. The molecule has 0 aromatic heterocycles. The standard InChI is InChI=1S/C16H23NO4/c1-3-5-8-17-10-16-7-6-11(21-16)12(13(16)14(17)18)15(19)20-9-4-2/h6-7,11-13H,3-5,8-10H2,1-2H3/t11-,12+,13+,16-/m0/s1. The van der Waals surface area contributed by atoms with Crippen LogP contribution in [0, 0.1) is 11.8 Å². The number of hydrogen-bond donors (Lipinski definition) is 0. The van der Waals surface area contributed by atoms with Crippen molar-refractivity contribution in [3.8, 4) is 0 Å². The molecule has 3 aliphatic rings. The highest BCUT2D eigenvalue weighted by atomic mass is 16.6. The Balaban J connectivity index is 1.78. The van der Waals surface area contributed by atoms with Crippen LogP contribution < -0.4 is 0 Å². The number of fused-ring (bicyclic) bond motifs is 1. The minimum Gasteiger partial charge on any atom is -0.465 e. The van der Waals surface area contributed by atoms with Gasteiger partial charge >= 0.3 is 5.97 Å². The van der Waals surface area contributed by atoms with Gasteiger partial charge in [0, 0.05) is 6.54 Å². The van der Waals surface area contributed by atoms with Crippen molar-refractivity contribution in [1.82, 2.24) is 4.90 Å². The Morgan fingerprint density at radius 1 is 1.48 bits per heavy atom. The number of likely N-dealkylation sites (tertiary alicyclic amines) is 1. The fraction of sp³-hybridized carbons (Fsp3) is 0.750. The molecule has 0 radical (unpaired) electrons. The van der Waals surface area contributed by atoms with E-state index >= 15 is 0 Å². The number of nitrogens with zero attached hydrogens (tertiary/aromatic N) is 1. The third kappa shape index (κ3) is 2.18. The molecule has 0 aromatic carbocycles. The minimum absolute atomic E-state index is 0.0498. The number of hydrogen-bond acceptors (Lipinski definition) is 4. The van der Waals surface area contributed by atoms with E-state index in [1.807, 2.05) is 24.0 Å². The maximum absolute atomic E-state index is 12.7. The lowest BCUT2D eigenvalue weighted by atomic mass is 9.77. The summed E-state index contributed by atoms with van der Waals surface area (Å²) in [5.41, 5.74) is -0.592. The fourth-order valence-electron chi connectivity index (χ4n) is 3.68. The van der Waals surface area contributed by atoms with E-state index in [4.69, 9.17) is 9.47 Å². The van der Waals surface area contributed by atoms with Gasteiger partial charge in [0.05, 0.1) is 25.2 Å². The van der Waals surface area contributed by atoms with Crippen LogP contribution in [0.15, 0.2) is 12.2 Å². The van der Waals surface area contributed by atoms with Crippen LogP contribution in [0.4, 0.5) is 0 Å². The Labute approximate surface area is 125 Å². The summed E-state index contributed by atoms with van der Waals surface area (Å²) in [4.78, 5) is 26.8. The van der Waals surface area contributed by atoms with E-state index in [9.17, 15) is 9.59 Å². The summed E-state index contributed by atoms with van der Waals surface area (Å²) < 4.78 is 11.3. The molecule has 0 N–H and O–H groups in total. The lowest BCUT2D eigenvalue weighted by Crippen LogP contribution is -2.40. The predicted octanol–water partition coefficient (Wildman–Crippen LogP) is 1.52. The van der Waals surface area contributed by atoms with Gasteiger partial charge in [-0.15, -0.1) is 0 Å². The second-order valence-corrected chi connectivity index (χ2v) is 6.18. The second kappa shape index (κ2) is 5.44. The van der Waals surface area contributed by atoms with Gasteiger partial charge in [-0.05, 0) is 12.8 Å². The van der Waals surface area contributed by atoms with Gasteiger partial charge in [0.15, 0.2) is 0 Å². The highest BCUT2D eigenvalue weighted by Gasteiger charge is 2.67. The van der Waals surface area contributed by atoms with Crippen molar-refractivity contribution >= 4 is 11.9 Å². The number of carbonyl (C=O) groups is 2. The number of unbranched alkanes of at least 4 members (excludes halogenated alkanes) is 1. The third-order valence-electron chi connectivity index (χ3n) is 4.68. The van der Waals surface area contributed by atoms with Crippen molar-refractivity contribution in [2.45, 2.75) is 44.8 Å². The Morgan fingerprint density at radius 2 is 2.29 bits per heavy atom. The smallest absolute Gasteiger partial charge is 0.312 e. The number of esters is 1. The summed E-state index contributed by atoms with van der Waals surface area (Å²) in [6.07, 6.45) is 6.42. The summed E-state index contributed by atoms with van der Waals surface area (Å²) in [6, 6.07) is 0. The average Bonchev–Trinajstić information content (AvgIpc) is 3.11. The predicted molar refractivity (Wildman–Crippen MR) is 76.5 cm³/mol. The quantitative estimate of drug-likeness (QED) is 0.550. The molecule has 5 heteroatoms. The maximum atomic E-state index is 12.7. The van der Waals surface area contributed by atoms with Crippen molar-refractivity contribution in [3.05, 3.63) is 12.2 Å².